The minimum absolute atomic E-state index is 0.102. The Bertz CT molecular complexity index is 1250. The minimum atomic E-state index is -0.151. The molecule has 0 saturated carbocycles. The Kier molecular flexibility index (Phi) is 8.66. The highest BCUT2D eigenvalue weighted by molar-refractivity contribution is 5.71. The number of carbonyl (C=O) groups is 1. The zero-order chi connectivity index (χ0) is 25.3. The number of pyridine rings is 1. The fraction of sp³-hybridized carbons (Fsp3) is 0.379. The first kappa shape index (κ1) is 25.4. The summed E-state index contributed by atoms with van der Waals surface area (Å²) in [5.41, 5.74) is 5.38. The number of carbonyl (C=O) groups excluding carboxylic acids is 1. The lowest BCUT2D eigenvalue weighted by Gasteiger charge is -2.17. The quantitative estimate of drug-likeness (QED) is 0.254. The second kappa shape index (κ2) is 12.3. The molecule has 36 heavy (non-hydrogen) atoms. The van der Waals surface area contributed by atoms with E-state index in [0.717, 1.165) is 23.3 Å². The Hall–Kier alpha value is -3.74. The van der Waals surface area contributed by atoms with Crippen molar-refractivity contribution in [2.75, 3.05) is 26.4 Å². The molecule has 0 aliphatic heterocycles. The van der Waals surface area contributed by atoms with E-state index in [0.29, 0.717) is 50.4 Å². The monoisotopic (exact) mass is 490 g/mol. The molecule has 0 amide bonds. The molecule has 1 aliphatic carbocycles. The van der Waals surface area contributed by atoms with Crippen molar-refractivity contribution in [1.82, 2.24) is 4.73 Å². The zero-order valence-electron chi connectivity index (χ0n) is 21.0. The van der Waals surface area contributed by atoms with Crippen LogP contribution in [-0.4, -0.2) is 42.3 Å². The summed E-state index contributed by atoms with van der Waals surface area (Å²) in [5, 5.41) is 9.95. The van der Waals surface area contributed by atoms with Gasteiger partial charge in [0.05, 0.1) is 26.2 Å². The third-order valence-electron chi connectivity index (χ3n) is 6.28. The van der Waals surface area contributed by atoms with Crippen LogP contribution in [0.15, 0.2) is 65.8 Å². The molecular weight excluding hydrogens is 456 g/mol. The van der Waals surface area contributed by atoms with Crippen LogP contribution in [0.4, 0.5) is 0 Å². The number of hydrogen-bond donors (Lipinski definition) is 1. The van der Waals surface area contributed by atoms with E-state index in [-0.39, 0.29) is 11.9 Å². The van der Waals surface area contributed by atoms with Gasteiger partial charge in [0.2, 0.25) is 0 Å². The van der Waals surface area contributed by atoms with Crippen molar-refractivity contribution in [3.8, 4) is 11.5 Å². The molecule has 4 rings (SSSR count). The second-order valence-corrected chi connectivity index (χ2v) is 8.80. The molecular formula is C29H34N2O5. The van der Waals surface area contributed by atoms with Crippen LogP contribution >= 0.6 is 0 Å². The molecule has 1 heterocycles. The van der Waals surface area contributed by atoms with Crippen molar-refractivity contribution in [2.45, 2.75) is 45.4 Å². The van der Waals surface area contributed by atoms with Crippen LogP contribution in [0.3, 0.4) is 0 Å². The number of rotatable bonds is 10. The smallest absolute Gasteiger partial charge is 0.306 e. The van der Waals surface area contributed by atoms with Gasteiger partial charge in [0.15, 0.2) is 5.49 Å². The molecule has 1 atom stereocenters. The number of nitrogens with zero attached hydrogens (tertiary/aromatic N) is 2. The van der Waals surface area contributed by atoms with Crippen molar-refractivity contribution < 1.29 is 24.2 Å². The first-order valence-corrected chi connectivity index (χ1v) is 12.6. The lowest BCUT2D eigenvalue weighted by molar-refractivity contribution is -0.143. The van der Waals surface area contributed by atoms with Gasteiger partial charge in [0, 0.05) is 31.3 Å². The third kappa shape index (κ3) is 6.47. The molecule has 190 valence electrons. The van der Waals surface area contributed by atoms with Crippen molar-refractivity contribution in [3.05, 3.63) is 88.5 Å². The summed E-state index contributed by atoms with van der Waals surface area (Å²) in [4.78, 5) is 16.7. The van der Waals surface area contributed by atoms with Crippen LogP contribution < -0.4 is 15.0 Å². The summed E-state index contributed by atoms with van der Waals surface area (Å²) in [5.74, 6) is 1.45. The van der Waals surface area contributed by atoms with E-state index in [2.05, 4.69) is 35.3 Å². The van der Waals surface area contributed by atoms with Crippen molar-refractivity contribution in [2.24, 2.45) is 4.99 Å². The first-order valence-electron chi connectivity index (χ1n) is 12.6. The minimum Gasteiger partial charge on any atom is -0.494 e. The number of aromatic nitrogens is 1. The molecule has 0 unspecified atom stereocenters. The maximum Gasteiger partial charge on any atom is 0.306 e. The highest BCUT2D eigenvalue weighted by Crippen LogP contribution is 2.35. The molecule has 0 fully saturated rings. The molecule has 0 saturated heterocycles. The second-order valence-electron chi connectivity index (χ2n) is 8.80. The summed E-state index contributed by atoms with van der Waals surface area (Å²) in [6.07, 6.45) is 4.22. The Balaban J connectivity index is 1.40. The Morgan fingerprint density at radius 3 is 2.67 bits per heavy atom. The van der Waals surface area contributed by atoms with Gasteiger partial charge in [-0.2, -0.15) is 4.73 Å². The molecule has 1 aromatic heterocycles. The molecule has 7 heteroatoms. The Morgan fingerprint density at radius 2 is 1.83 bits per heavy atom. The largest absolute Gasteiger partial charge is 0.494 e. The predicted molar refractivity (Wildman–Crippen MR) is 137 cm³/mol. The highest BCUT2D eigenvalue weighted by Gasteiger charge is 2.24. The summed E-state index contributed by atoms with van der Waals surface area (Å²) in [6, 6.07) is 18.0. The number of benzene rings is 2. The zero-order valence-corrected chi connectivity index (χ0v) is 21.0. The van der Waals surface area contributed by atoms with Gasteiger partial charge >= 0.3 is 5.97 Å². The molecule has 2 aromatic carbocycles. The van der Waals surface area contributed by atoms with Crippen molar-refractivity contribution in [3.63, 3.8) is 0 Å². The maximum absolute atomic E-state index is 12.3. The van der Waals surface area contributed by atoms with Crippen molar-refractivity contribution >= 4 is 5.97 Å². The SMILES string of the molecule is CCOC(=O)C[C@@H]1Cc2ccc(OCCCN=c3cc(OCC)ccn3O)cc2Cc2ccccc21. The van der Waals surface area contributed by atoms with Gasteiger partial charge in [0.25, 0.3) is 0 Å². The molecule has 1 N–H and O–H groups in total. The summed E-state index contributed by atoms with van der Waals surface area (Å²) in [6.45, 7) is 5.74. The first-order chi connectivity index (χ1) is 17.6. The van der Waals surface area contributed by atoms with Crippen LogP contribution in [0.25, 0.3) is 0 Å². The fourth-order valence-electron chi connectivity index (χ4n) is 4.62. The molecule has 0 spiro atoms. The normalized spacial score (nSPS) is 14.9. The van der Waals surface area contributed by atoms with Gasteiger partial charge in [-0.15, -0.1) is 0 Å². The van der Waals surface area contributed by atoms with Crippen LogP contribution in [0.5, 0.6) is 11.5 Å². The van der Waals surface area contributed by atoms with E-state index in [9.17, 15) is 10.0 Å². The topological polar surface area (TPSA) is 82.3 Å². The number of fused-ring (bicyclic) bond motifs is 2. The van der Waals surface area contributed by atoms with Crippen LogP contribution in [-0.2, 0) is 22.4 Å². The molecule has 3 aromatic rings. The van der Waals surface area contributed by atoms with E-state index < -0.39 is 0 Å². The van der Waals surface area contributed by atoms with Gasteiger partial charge in [0.1, 0.15) is 11.5 Å². The van der Waals surface area contributed by atoms with Crippen LogP contribution in [0.1, 0.15) is 54.9 Å². The average molecular weight is 491 g/mol. The van der Waals surface area contributed by atoms with E-state index in [1.54, 1.807) is 12.1 Å². The lowest BCUT2D eigenvalue weighted by Crippen LogP contribution is -2.19. The van der Waals surface area contributed by atoms with E-state index in [1.165, 1.54) is 28.5 Å². The molecule has 0 bridgehead atoms. The van der Waals surface area contributed by atoms with E-state index in [4.69, 9.17) is 14.2 Å². The molecule has 1 aliphatic rings. The maximum atomic E-state index is 12.3. The molecule has 7 nitrogen and oxygen atoms in total. The van der Waals surface area contributed by atoms with Gasteiger partial charge in [-0.3, -0.25) is 9.79 Å². The highest BCUT2D eigenvalue weighted by atomic mass is 16.5. The predicted octanol–water partition coefficient (Wildman–Crippen LogP) is 4.68. The van der Waals surface area contributed by atoms with Crippen molar-refractivity contribution in [1.29, 1.82) is 0 Å². The Labute approximate surface area is 211 Å². The summed E-state index contributed by atoms with van der Waals surface area (Å²) < 4.78 is 17.7. The van der Waals surface area contributed by atoms with Crippen LogP contribution in [0.2, 0.25) is 0 Å². The van der Waals surface area contributed by atoms with Gasteiger partial charge in [-0.25, -0.2) is 0 Å². The molecule has 0 radical (unpaired) electrons. The summed E-state index contributed by atoms with van der Waals surface area (Å²) >= 11 is 0. The van der Waals surface area contributed by atoms with E-state index in [1.807, 2.05) is 26.0 Å². The van der Waals surface area contributed by atoms with Crippen LogP contribution in [0, 0.1) is 0 Å². The van der Waals surface area contributed by atoms with Gasteiger partial charge in [-0.1, -0.05) is 30.3 Å². The number of esters is 1. The van der Waals surface area contributed by atoms with Gasteiger partial charge < -0.3 is 19.4 Å². The number of hydrogen-bond acceptors (Lipinski definition) is 6. The lowest BCUT2D eigenvalue weighted by atomic mass is 9.89. The summed E-state index contributed by atoms with van der Waals surface area (Å²) in [7, 11) is 0. The average Bonchev–Trinajstić information content (AvgIpc) is 3.02. The van der Waals surface area contributed by atoms with Gasteiger partial charge in [-0.05, 0) is 67.0 Å². The third-order valence-corrected chi connectivity index (χ3v) is 6.28. The Morgan fingerprint density at radius 1 is 1.00 bits per heavy atom. The standard InChI is InChI=1S/C29H34N2O5/c1-3-34-26-12-14-31(33)28(20-26)30-13-7-15-36-25-11-10-21-16-24(19-29(32)35-4-2)27-9-6-5-8-22(27)17-23(21)18-25/h5-6,8-12,14,18,20,24,33H,3-4,7,13,15-17,19H2,1-2H3/t24-/m0/s1. The van der Waals surface area contributed by atoms with E-state index >= 15 is 0 Å². The fourth-order valence-corrected chi connectivity index (χ4v) is 4.62. The number of ether oxygens (including phenoxy) is 3.